The maximum Gasteiger partial charge on any atom is 0.322 e. The molecule has 4 amide bonds. The Morgan fingerprint density at radius 3 is 2.84 bits per heavy atom. The van der Waals surface area contributed by atoms with Crippen LogP contribution in [0.3, 0.4) is 0 Å². The predicted octanol–water partition coefficient (Wildman–Crippen LogP) is 0.417. The Labute approximate surface area is 146 Å². The average molecular weight is 345 g/mol. The normalized spacial score (nSPS) is 20.9. The van der Waals surface area contributed by atoms with E-state index in [1.54, 1.807) is 6.20 Å². The minimum absolute atomic E-state index is 0.0299. The number of urea groups is 1. The summed E-state index contributed by atoms with van der Waals surface area (Å²) in [6.45, 7) is 5.08. The zero-order chi connectivity index (χ0) is 17.8. The minimum Gasteiger partial charge on any atom is -0.369 e. The van der Waals surface area contributed by atoms with E-state index >= 15 is 0 Å². The van der Waals surface area contributed by atoms with Crippen molar-refractivity contribution in [1.82, 2.24) is 20.5 Å². The molecule has 3 heterocycles. The molecular formula is C17H23N5O3. The molecule has 0 spiro atoms. The summed E-state index contributed by atoms with van der Waals surface area (Å²) in [5.41, 5.74) is 2.29. The Morgan fingerprint density at radius 2 is 2.12 bits per heavy atom. The van der Waals surface area contributed by atoms with Gasteiger partial charge in [0.2, 0.25) is 5.91 Å². The number of pyridine rings is 1. The lowest BCUT2D eigenvalue weighted by molar-refractivity contribution is -0.131. The van der Waals surface area contributed by atoms with Crippen molar-refractivity contribution in [2.75, 3.05) is 31.1 Å². The van der Waals surface area contributed by atoms with Crippen molar-refractivity contribution in [2.24, 2.45) is 0 Å². The molecule has 1 aromatic heterocycles. The largest absolute Gasteiger partial charge is 0.369 e. The zero-order valence-corrected chi connectivity index (χ0v) is 14.3. The number of rotatable bonds is 4. The summed E-state index contributed by atoms with van der Waals surface area (Å²) >= 11 is 0. The molecule has 0 aromatic carbocycles. The summed E-state index contributed by atoms with van der Waals surface area (Å²) in [7, 11) is 0. The number of aryl methyl sites for hydroxylation is 1. The van der Waals surface area contributed by atoms with Gasteiger partial charge in [0.25, 0.3) is 5.91 Å². The van der Waals surface area contributed by atoms with Gasteiger partial charge in [0.05, 0.1) is 0 Å². The second-order valence-electron chi connectivity index (χ2n) is 6.44. The minimum atomic E-state index is -0.598. The monoisotopic (exact) mass is 345 g/mol. The molecule has 2 fully saturated rings. The summed E-state index contributed by atoms with van der Waals surface area (Å²) in [4.78, 5) is 43.4. The Bertz CT molecular complexity index is 678. The molecule has 0 bridgehead atoms. The van der Waals surface area contributed by atoms with Gasteiger partial charge in [-0.25, -0.2) is 4.79 Å². The van der Waals surface area contributed by atoms with Crippen LogP contribution >= 0.6 is 0 Å². The first-order chi connectivity index (χ1) is 12.0. The first-order valence-electron chi connectivity index (χ1n) is 8.59. The molecular weight excluding hydrogens is 322 g/mol. The first-order valence-corrected chi connectivity index (χ1v) is 8.59. The quantitative estimate of drug-likeness (QED) is 0.771. The van der Waals surface area contributed by atoms with Crippen LogP contribution in [0.25, 0.3) is 0 Å². The van der Waals surface area contributed by atoms with Crippen LogP contribution < -0.4 is 15.5 Å². The van der Waals surface area contributed by atoms with E-state index in [4.69, 9.17) is 0 Å². The molecule has 8 nitrogen and oxygen atoms in total. The fraction of sp³-hybridized carbons (Fsp3) is 0.529. The Hall–Kier alpha value is -2.64. The number of nitrogens with one attached hydrogen (secondary N) is 2. The van der Waals surface area contributed by atoms with Crippen molar-refractivity contribution in [3.8, 4) is 0 Å². The highest BCUT2D eigenvalue weighted by Gasteiger charge is 2.30. The number of amides is 4. The molecule has 0 radical (unpaired) electrons. The van der Waals surface area contributed by atoms with Gasteiger partial charge in [-0.15, -0.1) is 0 Å². The van der Waals surface area contributed by atoms with Gasteiger partial charge in [-0.2, -0.15) is 0 Å². The van der Waals surface area contributed by atoms with Crippen molar-refractivity contribution in [3.63, 3.8) is 0 Å². The van der Waals surface area contributed by atoms with E-state index in [0.29, 0.717) is 19.5 Å². The maximum absolute atomic E-state index is 12.5. The molecule has 25 heavy (non-hydrogen) atoms. The average Bonchev–Trinajstić information content (AvgIpc) is 2.78. The van der Waals surface area contributed by atoms with E-state index in [0.717, 1.165) is 30.8 Å². The summed E-state index contributed by atoms with van der Waals surface area (Å²) in [5.74, 6) is -0.324. The molecule has 8 heteroatoms. The maximum atomic E-state index is 12.5. The second-order valence-corrected chi connectivity index (χ2v) is 6.44. The van der Waals surface area contributed by atoms with E-state index in [1.165, 1.54) is 0 Å². The molecule has 0 saturated carbocycles. The van der Waals surface area contributed by atoms with Crippen LogP contribution in [0.1, 0.15) is 24.8 Å². The lowest BCUT2D eigenvalue weighted by Crippen LogP contribution is -2.37. The fourth-order valence-corrected chi connectivity index (χ4v) is 3.32. The first kappa shape index (κ1) is 17.2. The molecule has 1 atom stereocenters. The van der Waals surface area contributed by atoms with Gasteiger partial charge in [0, 0.05) is 50.7 Å². The highest BCUT2D eigenvalue weighted by Crippen LogP contribution is 2.20. The van der Waals surface area contributed by atoms with E-state index in [-0.39, 0.29) is 18.2 Å². The van der Waals surface area contributed by atoms with Crippen molar-refractivity contribution < 1.29 is 14.4 Å². The van der Waals surface area contributed by atoms with Gasteiger partial charge in [-0.3, -0.25) is 19.9 Å². The summed E-state index contributed by atoms with van der Waals surface area (Å²) in [6, 6.07) is 0.925. The Balaban J connectivity index is 1.52. The van der Waals surface area contributed by atoms with Crippen LogP contribution in [-0.4, -0.2) is 60.0 Å². The van der Waals surface area contributed by atoms with E-state index in [9.17, 15) is 14.4 Å². The van der Waals surface area contributed by atoms with Gasteiger partial charge in [0.15, 0.2) is 0 Å². The lowest BCUT2D eigenvalue weighted by Gasteiger charge is -2.25. The highest BCUT2D eigenvalue weighted by molar-refractivity contribution is 6.04. The number of aromatic nitrogens is 1. The van der Waals surface area contributed by atoms with E-state index in [1.807, 2.05) is 24.1 Å². The second kappa shape index (κ2) is 7.50. The number of anilines is 1. The summed E-state index contributed by atoms with van der Waals surface area (Å²) in [5, 5.41) is 4.71. The number of hydrogen-bond donors (Lipinski definition) is 2. The number of imide groups is 1. The molecule has 1 aromatic rings. The summed E-state index contributed by atoms with van der Waals surface area (Å²) in [6.07, 6.45) is 5.13. The van der Waals surface area contributed by atoms with E-state index < -0.39 is 12.1 Å². The van der Waals surface area contributed by atoms with Gasteiger partial charge in [-0.05, 0) is 31.4 Å². The topological polar surface area (TPSA) is 94.6 Å². The predicted molar refractivity (Wildman–Crippen MR) is 92.1 cm³/mol. The van der Waals surface area contributed by atoms with Crippen molar-refractivity contribution >= 4 is 23.5 Å². The molecule has 134 valence electrons. The molecule has 3 rings (SSSR count). The number of nitrogens with zero attached hydrogens (tertiary/aromatic N) is 3. The Kier molecular flexibility index (Phi) is 5.16. The zero-order valence-electron chi connectivity index (χ0n) is 14.3. The van der Waals surface area contributed by atoms with Gasteiger partial charge >= 0.3 is 6.03 Å². The number of carbonyl (C=O) groups is 3. The fourth-order valence-electron chi connectivity index (χ4n) is 3.32. The standard InChI is InChI=1S/C17H23N5O3/c1-12-11-18-6-5-14(12)21-7-2-8-22(10-9-21)15(23)4-3-13-16(24)20-17(25)19-13/h5-6,11,13H,2-4,7-10H2,1H3,(H2,19,20,24,25)/t13-/m0/s1. The van der Waals surface area contributed by atoms with Crippen LogP contribution in [0, 0.1) is 6.92 Å². The van der Waals surface area contributed by atoms with Crippen molar-refractivity contribution in [2.45, 2.75) is 32.2 Å². The van der Waals surface area contributed by atoms with Crippen molar-refractivity contribution in [3.05, 3.63) is 24.0 Å². The molecule has 2 aliphatic rings. The lowest BCUT2D eigenvalue weighted by atomic mass is 10.1. The smallest absolute Gasteiger partial charge is 0.322 e. The van der Waals surface area contributed by atoms with Crippen LogP contribution in [0.15, 0.2) is 18.5 Å². The van der Waals surface area contributed by atoms with Crippen LogP contribution in [0.2, 0.25) is 0 Å². The van der Waals surface area contributed by atoms with Crippen molar-refractivity contribution in [1.29, 1.82) is 0 Å². The third kappa shape index (κ3) is 4.07. The third-order valence-corrected chi connectivity index (χ3v) is 4.69. The summed E-state index contributed by atoms with van der Waals surface area (Å²) < 4.78 is 0. The van der Waals surface area contributed by atoms with Crippen LogP contribution in [-0.2, 0) is 9.59 Å². The third-order valence-electron chi connectivity index (χ3n) is 4.69. The van der Waals surface area contributed by atoms with Gasteiger partial charge in [0.1, 0.15) is 6.04 Å². The van der Waals surface area contributed by atoms with Gasteiger partial charge in [-0.1, -0.05) is 0 Å². The van der Waals surface area contributed by atoms with Crippen LogP contribution in [0.4, 0.5) is 10.5 Å². The Morgan fingerprint density at radius 1 is 1.28 bits per heavy atom. The number of carbonyl (C=O) groups excluding carboxylic acids is 3. The molecule has 2 saturated heterocycles. The van der Waals surface area contributed by atoms with E-state index in [2.05, 4.69) is 20.5 Å². The number of hydrogen-bond acceptors (Lipinski definition) is 5. The molecule has 2 aliphatic heterocycles. The molecule has 2 N–H and O–H groups in total. The molecule has 0 aliphatic carbocycles. The van der Waals surface area contributed by atoms with Crippen LogP contribution in [0.5, 0.6) is 0 Å². The molecule has 0 unspecified atom stereocenters. The SMILES string of the molecule is Cc1cnccc1N1CCCN(C(=O)CC[C@@H]2NC(=O)NC2=O)CC1. The van der Waals surface area contributed by atoms with Gasteiger partial charge < -0.3 is 15.1 Å². The highest BCUT2D eigenvalue weighted by atomic mass is 16.2.